The zero-order valence-electron chi connectivity index (χ0n) is 11.1. The molecule has 0 aromatic carbocycles. The maximum atomic E-state index is 5.89. The van der Waals surface area contributed by atoms with Gasteiger partial charge in [-0.2, -0.15) is 5.10 Å². The predicted octanol–water partition coefficient (Wildman–Crippen LogP) is 1.12. The van der Waals surface area contributed by atoms with Crippen molar-refractivity contribution in [2.45, 2.75) is 19.3 Å². The smallest absolute Gasteiger partial charge is 0.227 e. The molecule has 2 N–H and O–H groups in total. The van der Waals surface area contributed by atoms with Gasteiger partial charge in [0.1, 0.15) is 11.7 Å². The molecule has 3 rings (SSSR count). The monoisotopic (exact) mass is 261 g/mol. The summed E-state index contributed by atoms with van der Waals surface area (Å²) >= 11 is 0. The first kappa shape index (κ1) is 12.3. The van der Waals surface area contributed by atoms with Crippen molar-refractivity contribution in [1.29, 1.82) is 0 Å². The van der Waals surface area contributed by atoms with Gasteiger partial charge in [-0.15, -0.1) is 0 Å². The van der Waals surface area contributed by atoms with Gasteiger partial charge in [0.2, 0.25) is 5.88 Å². The molecule has 6 nitrogen and oxygen atoms in total. The number of rotatable bonds is 4. The molecule has 1 fully saturated rings. The van der Waals surface area contributed by atoms with Crippen LogP contribution in [0.2, 0.25) is 0 Å². The van der Waals surface area contributed by atoms with Crippen LogP contribution in [0.15, 0.2) is 12.5 Å². The lowest BCUT2D eigenvalue weighted by Gasteiger charge is -2.17. The van der Waals surface area contributed by atoms with Gasteiger partial charge in [-0.25, -0.2) is 9.97 Å². The highest BCUT2D eigenvalue weighted by atomic mass is 16.5. The molecule has 0 aliphatic heterocycles. The third-order valence-electron chi connectivity index (χ3n) is 4.05. The highest BCUT2D eigenvalue weighted by Gasteiger charge is 2.26. The van der Waals surface area contributed by atoms with Crippen LogP contribution in [0.3, 0.4) is 0 Å². The molecule has 2 atom stereocenters. The third-order valence-corrected chi connectivity index (χ3v) is 4.05. The molecule has 102 valence electrons. The quantitative estimate of drug-likeness (QED) is 0.892. The molecule has 19 heavy (non-hydrogen) atoms. The summed E-state index contributed by atoms with van der Waals surface area (Å²) < 4.78 is 7.61. The largest absolute Gasteiger partial charge is 0.477 e. The van der Waals surface area contributed by atoms with E-state index in [9.17, 15) is 0 Å². The van der Waals surface area contributed by atoms with E-state index in [0.717, 1.165) is 17.6 Å². The second kappa shape index (κ2) is 5.13. The minimum atomic E-state index is 0.548. The first-order chi connectivity index (χ1) is 9.29. The molecule has 2 unspecified atom stereocenters. The minimum absolute atomic E-state index is 0.548. The van der Waals surface area contributed by atoms with Gasteiger partial charge in [0, 0.05) is 7.05 Å². The molecule has 1 aliphatic rings. The predicted molar refractivity (Wildman–Crippen MR) is 71.7 cm³/mol. The highest BCUT2D eigenvalue weighted by Crippen LogP contribution is 2.31. The second-order valence-corrected chi connectivity index (χ2v) is 5.18. The van der Waals surface area contributed by atoms with E-state index in [4.69, 9.17) is 10.5 Å². The lowest BCUT2D eigenvalue weighted by molar-refractivity contribution is 0.212. The Morgan fingerprint density at radius 2 is 2.21 bits per heavy atom. The molecule has 1 aliphatic carbocycles. The number of hydrogen-bond acceptors (Lipinski definition) is 5. The molecule has 0 radical (unpaired) electrons. The molecule has 0 bridgehead atoms. The van der Waals surface area contributed by atoms with Crippen LogP contribution in [0.1, 0.15) is 19.3 Å². The number of ether oxygens (including phenoxy) is 1. The van der Waals surface area contributed by atoms with Crippen molar-refractivity contribution < 1.29 is 4.74 Å². The van der Waals surface area contributed by atoms with Crippen molar-refractivity contribution in [2.75, 3.05) is 13.2 Å². The fourth-order valence-corrected chi connectivity index (χ4v) is 2.88. The van der Waals surface area contributed by atoms with Crippen molar-refractivity contribution in [3.8, 4) is 5.88 Å². The van der Waals surface area contributed by atoms with E-state index in [-0.39, 0.29) is 0 Å². The Hall–Kier alpha value is -1.69. The summed E-state index contributed by atoms with van der Waals surface area (Å²) in [6.07, 6.45) is 6.94. The van der Waals surface area contributed by atoms with Gasteiger partial charge in [-0.1, -0.05) is 6.42 Å². The van der Waals surface area contributed by atoms with Crippen LogP contribution in [0.5, 0.6) is 5.88 Å². The standard InChI is InChI=1S/C13H19N5O/c1-18-12-11(6-17-18)13(16-8-15-12)19-7-10-4-2-3-9(10)5-14/h6,8-10H,2-5,7,14H2,1H3. The molecule has 6 heteroatoms. The number of aromatic nitrogens is 4. The van der Waals surface area contributed by atoms with E-state index in [0.29, 0.717) is 24.3 Å². The third kappa shape index (κ3) is 2.28. The Morgan fingerprint density at radius 1 is 1.37 bits per heavy atom. The summed E-state index contributed by atoms with van der Waals surface area (Å²) in [6, 6.07) is 0. The topological polar surface area (TPSA) is 78.9 Å². The highest BCUT2D eigenvalue weighted by molar-refractivity contribution is 5.79. The van der Waals surface area contributed by atoms with E-state index in [2.05, 4.69) is 15.1 Å². The first-order valence-corrected chi connectivity index (χ1v) is 6.75. The van der Waals surface area contributed by atoms with Crippen LogP contribution >= 0.6 is 0 Å². The van der Waals surface area contributed by atoms with Crippen molar-refractivity contribution in [3.63, 3.8) is 0 Å². The van der Waals surface area contributed by atoms with E-state index in [1.54, 1.807) is 10.9 Å². The second-order valence-electron chi connectivity index (χ2n) is 5.18. The van der Waals surface area contributed by atoms with Crippen LogP contribution in [0, 0.1) is 11.8 Å². The molecular weight excluding hydrogens is 242 g/mol. The van der Waals surface area contributed by atoms with E-state index >= 15 is 0 Å². The van der Waals surface area contributed by atoms with Gasteiger partial charge in [-0.3, -0.25) is 4.68 Å². The minimum Gasteiger partial charge on any atom is -0.477 e. The summed E-state index contributed by atoms with van der Waals surface area (Å²) in [6.45, 7) is 1.43. The average Bonchev–Trinajstić information content (AvgIpc) is 3.03. The number of nitrogens with zero attached hydrogens (tertiary/aromatic N) is 4. The van der Waals surface area contributed by atoms with Crippen LogP contribution < -0.4 is 10.5 Å². The zero-order valence-corrected chi connectivity index (χ0v) is 11.1. The number of fused-ring (bicyclic) bond motifs is 1. The molecule has 2 aromatic heterocycles. The van der Waals surface area contributed by atoms with Gasteiger partial charge in [0.05, 0.1) is 12.8 Å². The Morgan fingerprint density at radius 3 is 3.05 bits per heavy atom. The van der Waals surface area contributed by atoms with Gasteiger partial charge < -0.3 is 10.5 Å². The maximum Gasteiger partial charge on any atom is 0.227 e. The summed E-state index contributed by atoms with van der Waals surface area (Å²) in [5.41, 5.74) is 6.59. The summed E-state index contributed by atoms with van der Waals surface area (Å²) in [5.74, 6) is 1.76. The molecule has 0 saturated heterocycles. The first-order valence-electron chi connectivity index (χ1n) is 6.75. The van der Waals surface area contributed by atoms with Gasteiger partial charge >= 0.3 is 0 Å². The van der Waals surface area contributed by atoms with Crippen molar-refractivity contribution in [2.24, 2.45) is 24.6 Å². The maximum absolute atomic E-state index is 5.89. The fourth-order valence-electron chi connectivity index (χ4n) is 2.88. The molecule has 0 amide bonds. The molecule has 0 spiro atoms. The van der Waals surface area contributed by atoms with E-state index in [1.165, 1.54) is 25.6 Å². The molecule has 2 heterocycles. The van der Waals surface area contributed by atoms with Gasteiger partial charge in [0.25, 0.3) is 0 Å². The normalized spacial score (nSPS) is 23.1. The SMILES string of the molecule is Cn1ncc2c(OCC3CCCC3CN)ncnc21. The Balaban J connectivity index is 1.75. The lowest BCUT2D eigenvalue weighted by Crippen LogP contribution is -2.23. The molecule has 1 saturated carbocycles. The number of nitrogens with two attached hydrogens (primary N) is 1. The van der Waals surface area contributed by atoms with Gasteiger partial charge in [-0.05, 0) is 31.2 Å². The van der Waals surface area contributed by atoms with Crippen LogP contribution in [0.25, 0.3) is 11.0 Å². The zero-order chi connectivity index (χ0) is 13.2. The van der Waals surface area contributed by atoms with Crippen molar-refractivity contribution in [3.05, 3.63) is 12.5 Å². The number of hydrogen-bond donors (Lipinski definition) is 1. The summed E-state index contributed by atoms with van der Waals surface area (Å²) in [5, 5.41) is 5.05. The van der Waals surface area contributed by atoms with Crippen molar-refractivity contribution >= 4 is 11.0 Å². The Bertz CT molecular complexity index is 567. The van der Waals surface area contributed by atoms with Crippen LogP contribution in [-0.4, -0.2) is 32.9 Å². The van der Waals surface area contributed by atoms with Gasteiger partial charge in [0.15, 0.2) is 5.65 Å². The fraction of sp³-hybridized carbons (Fsp3) is 0.615. The Kier molecular flexibility index (Phi) is 3.33. The van der Waals surface area contributed by atoms with E-state index < -0.39 is 0 Å². The van der Waals surface area contributed by atoms with E-state index in [1.807, 2.05) is 7.05 Å². The number of aryl methyl sites for hydroxylation is 1. The molecular formula is C13H19N5O. The van der Waals surface area contributed by atoms with Crippen LogP contribution in [-0.2, 0) is 7.05 Å². The lowest BCUT2D eigenvalue weighted by atomic mass is 9.97. The molecule has 2 aromatic rings. The van der Waals surface area contributed by atoms with Crippen LogP contribution in [0.4, 0.5) is 0 Å². The van der Waals surface area contributed by atoms with Crippen molar-refractivity contribution in [1.82, 2.24) is 19.7 Å². The Labute approximate surface area is 112 Å². The summed E-state index contributed by atoms with van der Waals surface area (Å²) in [4.78, 5) is 8.42. The average molecular weight is 261 g/mol. The summed E-state index contributed by atoms with van der Waals surface area (Å²) in [7, 11) is 1.86.